The first kappa shape index (κ1) is 16.3. The van der Waals surface area contributed by atoms with Gasteiger partial charge in [-0.15, -0.1) is 0 Å². The van der Waals surface area contributed by atoms with E-state index in [0.29, 0.717) is 19.4 Å². The van der Waals surface area contributed by atoms with Crippen molar-refractivity contribution in [3.05, 3.63) is 0 Å². The van der Waals surface area contributed by atoms with E-state index in [9.17, 15) is 19.5 Å². The normalized spacial score (nSPS) is 16.5. The van der Waals surface area contributed by atoms with E-state index >= 15 is 0 Å². The Morgan fingerprint density at radius 1 is 1.25 bits per heavy atom. The van der Waals surface area contributed by atoms with E-state index in [1.165, 1.54) is 4.90 Å². The molecule has 0 aromatic heterocycles. The van der Waals surface area contributed by atoms with Gasteiger partial charge < -0.3 is 20.1 Å². The topological polar surface area (TPSA) is 95.9 Å². The summed E-state index contributed by atoms with van der Waals surface area (Å²) < 4.78 is 4.79. The third-order valence-electron chi connectivity index (χ3n) is 3.51. The average Bonchev–Trinajstić information content (AvgIpc) is 2.86. The van der Waals surface area contributed by atoms with E-state index in [1.54, 1.807) is 13.8 Å². The van der Waals surface area contributed by atoms with Gasteiger partial charge in [0.25, 0.3) is 0 Å². The molecule has 0 aromatic rings. The van der Waals surface area contributed by atoms with Crippen LogP contribution in [0.5, 0.6) is 0 Å². The number of nitrogens with one attached hydrogen (secondary N) is 1. The highest BCUT2D eigenvalue weighted by Crippen LogP contribution is 2.30. The molecule has 0 aromatic carbocycles. The van der Waals surface area contributed by atoms with Crippen LogP contribution in [-0.4, -0.2) is 53.2 Å². The molecule has 0 aliphatic heterocycles. The molecule has 1 fully saturated rings. The number of urea groups is 1. The molecule has 1 aliphatic carbocycles. The highest BCUT2D eigenvalue weighted by Gasteiger charge is 2.43. The van der Waals surface area contributed by atoms with Crippen LogP contribution in [0.3, 0.4) is 0 Å². The van der Waals surface area contributed by atoms with Gasteiger partial charge in [-0.2, -0.15) is 0 Å². The van der Waals surface area contributed by atoms with Gasteiger partial charge in [0.15, 0.2) is 0 Å². The summed E-state index contributed by atoms with van der Waals surface area (Å²) in [6.07, 6.45) is 2.39. The van der Waals surface area contributed by atoms with Crippen LogP contribution in [0.4, 0.5) is 4.79 Å². The first-order valence-electron chi connectivity index (χ1n) is 6.91. The van der Waals surface area contributed by atoms with Gasteiger partial charge in [-0.05, 0) is 26.7 Å². The van der Waals surface area contributed by atoms with Crippen molar-refractivity contribution in [1.29, 1.82) is 0 Å². The van der Waals surface area contributed by atoms with E-state index in [-0.39, 0.29) is 13.2 Å². The van der Waals surface area contributed by atoms with E-state index in [1.807, 2.05) is 0 Å². The smallest absolute Gasteiger partial charge is 0.329 e. The maximum Gasteiger partial charge on any atom is 0.329 e. The lowest BCUT2D eigenvalue weighted by Crippen LogP contribution is -2.57. The van der Waals surface area contributed by atoms with Crippen LogP contribution in [0, 0.1) is 0 Å². The SMILES string of the molecule is CCOC(=O)CN(CC)C(=O)NC1(C(=O)O)CCCC1. The monoisotopic (exact) mass is 286 g/mol. The fraction of sp³-hybridized carbons (Fsp3) is 0.769. The first-order chi connectivity index (χ1) is 9.45. The molecular weight excluding hydrogens is 264 g/mol. The number of carboxylic acid groups (broad SMARTS) is 1. The zero-order valence-corrected chi connectivity index (χ0v) is 12.0. The van der Waals surface area contributed by atoms with Crippen LogP contribution >= 0.6 is 0 Å². The zero-order valence-electron chi connectivity index (χ0n) is 12.0. The van der Waals surface area contributed by atoms with Crippen LogP contribution in [-0.2, 0) is 14.3 Å². The molecule has 0 saturated heterocycles. The van der Waals surface area contributed by atoms with Gasteiger partial charge in [0.05, 0.1) is 6.61 Å². The maximum absolute atomic E-state index is 12.1. The van der Waals surface area contributed by atoms with Gasteiger partial charge in [-0.1, -0.05) is 12.8 Å². The molecule has 114 valence electrons. The van der Waals surface area contributed by atoms with E-state index in [2.05, 4.69) is 5.32 Å². The van der Waals surface area contributed by atoms with E-state index in [4.69, 9.17) is 4.74 Å². The molecule has 0 atom stereocenters. The number of hydrogen-bond acceptors (Lipinski definition) is 4. The number of rotatable bonds is 6. The van der Waals surface area contributed by atoms with Crippen molar-refractivity contribution in [1.82, 2.24) is 10.2 Å². The van der Waals surface area contributed by atoms with Crippen molar-refractivity contribution in [2.75, 3.05) is 19.7 Å². The second-order valence-corrected chi connectivity index (χ2v) is 4.84. The summed E-state index contributed by atoms with van der Waals surface area (Å²) in [5, 5.41) is 11.9. The summed E-state index contributed by atoms with van der Waals surface area (Å²) in [7, 11) is 0. The molecule has 0 unspecified atom stereocenters. The summed E-state index contributed by atoms with van der Waals surface area (Å²) in [4.78, 5) is 36.2. The number of esters is 1. The number of carbonyl (C=O) groups is 3. The lowest BCUT2D eigenvalue weighted by atomic mass is 9.98. The summed E-state index contributed by atoms with van der Waals surface area (Å²) in [5.74, 6) is -1.52. The molecule has 1 aliphatic rings. The van der Waals surface area contributed by atoms with Crippen molar-refractivity contribution in [3.63, 3.8) is 0 Å². The van der Waals surface area contributed by atoms with Gasteiger partial charge >= 0.3 is 18.0 Å². The lowest BCUT2D eigenvalue weighted by Gasteiger charge is -2.29. The Labute approximate surface area is 118 Å². The molecule has 7 nitrogen and oxygen atoms in total. The summed E-state index contributed by atoms with van der Waals surface area (Å²) in [6, 6.07) is -0.537. The Bertz CT molecular complexity index is 377. The van der Waals surface area contributed by atoms with Crippen molar-refractivity contribution in [3.8, 4) is 0 Å². The first-order valence-corrected chi connectivity index (χ1v) is 6.91. The Hall–Kier alpha value is -1.79. The minimum atomic E-state index is -1.20. The van der Waals surface area contributed by atoms with Gasteiger partial charge in [-0.25, -0.2) is 9.59 Å². The number of hydrogen-bond donors (Lipinski definition) is 2. The predicted octanol–water partition coefficient (Wildman–Crippen LogP) is 0.978. The van der Waals surface area contributed by atoms with Gasteiger partial charge in [-0.3, -0.25) is 4.79 Å². The Kier molecular flexibility index (Phi) is 5.79. The van der Waals surface area contributed by atoms with Gasteiger partial charge in [0, 0.05) is 6.54 Å². The summed E-state index contributed by atoms with van der Waals surface area (Å²) >= 11 is 0. The van der Waals surface area contributed by atoms with E-state index < -0.39 is 23.5 Å². The predicted molar refractivity (Wildman–Crippen MR) is 71.2 cm³/mol. The van der Waals surface area contributed by atoms with Crippen molar-refractivity contribution >= 4 is 18.0 Å². The molecule has 0 radical (unpaired) electrons. The van der Waals surface area contributed by atoms with E-state index in [0.717, 1.165) is 12.8 Å². The highest BCUT2D eigenvalue weighted by atomic mass is 16.5. The number of aliphatic carboxylic acids is 1. The van der Waals surface area contributed by atoms with Gasteiger partial charge in [0.1, 0.15) is 12.1 Å². The van der Waals surface area contributed by atoms with Crippen LogP contribution in [0.25, 0.3) is 0 Å². The minimum absolute atomic E-state index is 0.175. The van der Waals surface area contributed by atoms with Crippen molar-refractivity contribution in [2.45, 2.75) is 45.1 Å². The van der Waals surface area contributed by atoms with Crippen molar-refractivity contribution in [2.24, 2.45) is 0 Å². The second kappa shape index (κ2) is 7.12. The number of ether oxygens (including phenoxy) is 1. The fourth-order valence-corrected chi connectivity index (χ4v) is 2.34. The number of carboxylic acids is 1. The molecule has 0 spiro atoms. The summed E-state index contributed by atoms with van der Waals surface area (Å²) in [5.41, 5.74) is -1.20. The van der Waals surface area contributed by atoms with Gasteiger partial charge in [0.2, 0.25) is 0 Å². The Balaban J connectivity index is 2.66. The largest absolute Gasteiger partial charge is 0.480 e. The molecule has 20 heavy (non-hydrogen) atoms. The molecule has 1 saturated carbocycles. The summed E-state index contributed by atoms with van der Waals surface area (Å²) in [6.45, 7) is 3.79. The molecule has 2 amide bonds. The fourth-order valence-electron chi connectivity index (χ4n) is 2.34. The quantitative estimate of drug-likeness (QED) is 0.709. The van der Waals surface area contributed by atoms with Crippen LogP contribution in [0.2, 0.25) is 0 Å². The number of carbonyl (C=O) groups excluding carboxylic acids is 2. The Morgan fingerprint density at radius 2 is 1.85 bits per heavy atom. The average molecular weight is 286 g/mol. The number of likely N-dealkylation sites (N-methyl/N-ethyl adjacent to an activating group) is 1. The maximum atomic E-state index is 12.1. The standard InChI is InChI=1S/C13H22N2O5/c1-3-15(9-10(16)20-4-2)12(19)14-13(11(17)18)7-5-6-8-13/h3-9H2,1-2H3,(H,14,19)(H,17,18). The number of amides is 2. The van der Waals surface area contributed by atoms with Crippen LogP contribution < -0.4 is 5.32 Å². The minimum Gasteiger partial charge on any atom is -0.480 e. The third-order valence-corrected chi connectivity index (χ3v) is 3.51. The second-order valence-electron chi connectivity index (χ2n) is 4.84. The molecule has 1 rings (SSSR count). The van der Waals surface area contributed by atoms with Crippen LogP contribution in [0.1, 0.15) is 39.5 Å². The van der Waals surface area contributed by atoms with Crippen LogP contribution in [0.15, 0.2) is 0 Å². The molecular formula is C13H22N2O5. The van der Waals surface area contributed by atoms with Crippen molar-refractivity contribution < 1.29 is 24.2 Å². The molecule has 7 heteroatoms. The highest BCUT2D eigenvalue weighted by molar-refractivity contribution is 5.88. The Morgan fingerprint density at radius 3 is 2.30 bits per heavy atom. The lowest BCUT2D eigenvalue weighted by molar-refractivity contribution is -0.144. The zero-order chi connectivity index (χ0) is 15.2. The third kappa shape index (κ3) is 3.85. The number of nitrogens with zero attached hydrogens (tertiary/aromatic N) is 1. The molecule has 0 heterocycles. The molecule has 0 bridgehead atoms. The molecule has 2 N–H and O–H groups in total.